The second kappa shape index (κ2) is 14.6. The highest BCUT2D eigenvalue weighted by Crippen LogP contribution is 2.24. The SMILES string of the molecule is CC(C(=O)NC1CCCCC1)N(Cc1ccccc1Cl)C(=O)CN(c1ccc(OCc2ccccc2)cc1)S(C)(=O)=O. The van der Waals surface area contributed by atoms with E-state index in [-0.39, 0.29) is 18.5 Å². The summed E-state index contributed by atoms with van der Waals surface area (Å²) in [5, 5.41) is 3.55. The molecule has 1 atom stereocenters. The largest absolute Gasteiger partial charge is 0.489 e. The zero-order chi connectivity index (χ0) is 30.1. The van der Waals surface area contributed by atoms with Crippen LogP contribution >= 0.6 is 11.6 Å². The topological polar surface area (TPSA) is 96.0 Å². The predicted octanol–water partition coefficient (Wildman–Crippen LogP) is 5.55. The molecule has 10 heteroatoms. The van der Waals surface area contributed by atoms with Crippen molar-refractivity contribution < 1.29 is 22.7 Å². The maximum absolute atomic E-state index is 13.8. The highest BCUT2D eigenvalue weighted by atomic mass is 35.5. The summed E-state index contributed by atoms with van der Waals surface area (Å²) >= 11 is 6.41. The van der Waals surface area contributed by atoms with E-state index >= 15 is 0 Å². The standard InChI is InChI=1S/C32H38ClN3O5S/c1-24(32(38)34-27-14-7-4-8-15-27)35(21-26-13-9-10-16-30(26)33)31(37)22-36(42(2,39)40)28-17-19-29(20-18-28)41-23-25-11-5-3-6-12-25/h3,5-6,9-13,16-20,24,27H,4,7-8,14-15,21-23H2,1-2H3,(H,34,38). The number of sulfonamides is 1. The third kappa shape index (κ3) is 8.72. The van der Waals surface area contributed by atoms with Gasteiger partial charge in [0.1, 0.15) is 24.9 Å². The van der Waals surface area contributed by atoms with Crippen LogP contribution in [-0.2, 0) is 32.8 Å². The molecule has 1 aliphatic rings. The first-order chi connectivity index (χ1) is 20.1. The highest BCUT2D eigenvalue weighted by Gasteiger charge is 2.31. The molecule has 0 saturated heterocycles. The summed E-state index contributed by atoms with van der Waals surface area (Å²) in [5.74, 6) is -0.222. The van der Waals surface area contributed by atoms with Crippen molar-refractivity contribution in [2.45, 2.75) is 64.3 Å². The number of amides is 2. The Hall–Kier alpha value is -3.56. The molecule has 8 nitrogen and oxygen atoms in total. The van der Waals surface area contributed by atoms with Gasteiger partial charge in [0.05, 0.1) is 11.9 Å². The lowest BCUT2D eigenvalue weighted by atomic mass is 9.95. The Kier molecular flexibility index (Phi) is 10.9. The van der Waals surface area contributed by atoms with Gasteiger partial charge in [-0.15, -0.1) is 0 Å². The molecule has 0 aliphatic heterocycles. The Balaban J connectivity index is 1.52. The smallest absolute Gasteiger partial charge is 0.244 e. The molecule has 0 radical (unpaired) electrons. The number of nitrogens with zero attached hydrogens (tertiary/aromatic N) is 2. The molecule has 224 valence electrons. The summed E-state index contributed by atoms with van der Waals surface area (Å²) in [6, 6.07) is 22.6. The van der Waals surface area contributed by atoms with Gasteiger partial charge in [0.2, 0.25) is 21.8 Å². The minimum Gasteiger partial charge on any atom is -0.489 e. The second-order valence-corrected chi connectivity index (χ2v) is 13.0. The van der Waals surface area contributed by atoms with Crippen LogP contribution in [0, 0.1) is 0 Å². The van der Waals surface area contributed by atoms with Gasteiger partial charge < -0.3 is 15.0 Å². The normalized spacial score (nSPS) is 14.5. The molecule has 3 aromatic carbocycles. The van der Waals surface area contributed by atoms with Gasteiger partial charge in [-0.2, -0.15) is 0 Å². The number of halogens is 1. The maximum atomic E-state index is 13.8. The number of anilines is 1. The first-order valence-electron chi connectivity index (χ1n) is 14.2. The molecule has 42 heavy (non-hydrogen) atoms. The molecule has 4 rings (SSSR count). The number of benzene rings is 3. The van der Waals surface area contributed by atoms with Crippen molar-refractivity contribution >= 4 is 39.1 Å². The van der Waals surface area contributed by atoms with Crippen molar-refractivity contribution in [1.29, 1.82) is 0 Å². The quantitative estimate of drug-likeness (QED) is 0.290. The fourth-order valence-corrected chi connectivity index (χ4v) is 6.07. The van der Waals surface area contributed by atoms with Crippen LogP contribution in [0.4, 0.5) is 5.69 Å². The Morgan fingerprint density at radius 1 is 0.952 bits per heavy atom. The Bertz CT molecular complexity index is 1440. The van der Waals surface area contributed by atoms with Gasteiger partial charge in [-0.1, -0.05) is 79.4 Å². The summed E-state index contributed by atoms with van der Waals surface area (Å²) in [5.41, 5.74) is 1.98. The van der Waals surface area contributed by atoms with Gasteiger partial charge in [0, 0.05) is 17.6 Å². The number of carbonyl (C=O) groups excluding carboxylic acids is 2. The van der Waals surface area contributed by atoms with Crippen molar-refractivity contribution in [3.05, 3.63) is 95.0 Å². The van der Waals surface area contributed by atoms with Crippen molar-refractivity contribution in [1.82, 2.24) is 10.2 Å². The Morgan fingerprint density at radius 2 is 1.60 bits per heavy atom. The van der Waals surface area contributed by atoms with E-state index in [0.717, 1.165) is 48.2 Å². The number of rotatable bonds is 12. The molecule has 0 heterocycles. The van der Waals surface area contributed by atoms with E-state index in [9.17, 15) is 18.0 Å². The number of nitrogens with one attached hydrogen (secondary N) is 1. The van der Waals surface area contributed by atoms with E-state index in [2.05, 4.69) is 5.32 Å². The number of hydrogen-bond donors (Lipinski definition) is 1. The third-order valence-electron chi connectivity index (χ3n) is 7.47. The van der Waals surface area contributed by atoms with Gasteiger partial charge >= 0.3 is 0 Å². The highest BCUT2D eigenvalue weighted by molar-refractivity contribution is 7.92. The zero-order valence-corrected chi connectivity index (χ0v) is 25.6. The maximum Gasteiger partial charge on any atom is 0.244 e. The monoisotopic (exact) mass is 611 g/mol. The Labute approximate surface area is 253 Å². The number of hydrogen-bond acceptors (Lipinski definition) is 5. The van der Waals surface area contributed by atoms with Crippen molar-refractivity contribution in [2.75, 3.05) is 17.1 Å². The summed E-state index contributed by atoms with van der Waals surface area (Å²) in [6.07, 6.45) is 6.13. The average molecular weight is 612 g/mol. The van der Waals surface area contributed by atoms with E-state index < -0.39 is 28.5 Å². The van der Waals surface area contributed by atoms with E-state index in [1.165, 1.54) is 4.90 Å². The van der Waals surface area contributed by atoms with Crippen LogP contribution in [0.2, 0.25) is 5.02 Å². The zero-order valence-electron chi connectivity index (χ0n) is 24.0. The predicted molar refractivity (Wildman–Crippen MR) is 166 cm³/mol. The molecule has 3 aromatic rings. The minimum atomic E-state index is -3.85. The molecule has 2 amide bonds. The van der Waals surface area contributed by atoms with Crippen molar-refractivity contribution in [3.8, 4) is 5.75 Å². The molecule has 1 aliphatic carbocycles. The van der Waals surface area contributed by atoms with Crippen molar-refractivity contribution in [2.24, 2.45) is 0 Å². The molecular formula is C32H38ClN3O5S. The average Bonchev–Trinajstić information content (AvgIpc) is 2.99. The first-order valence-corrected chi connectivity index (χ1v) is 16.4. The van der Waals surface area contributed by atoms with E-state index in [4.69, 9.17) is 16.3 Å². The van der Waals surface area contributed by atoms with E-state index in [1.807, 2.05) is 30.3 Å². The molecule has 1 fully saturated rings. The summed E-state index contributed by atoms with van der Waals surface area (Å²) in [7, 11) is -3.85. The second-order valence-electron chi connectivity index (χ2n) is 10.7. The van der Waals surface area contributed by atoms with Gasteiger partial charge in [0.25, 0.3) is 0 Å². The van der Waals surface area contributed by atoms with Gasteiger partial charge in [0.15, 0.2) is 0 Å². The molecular weight excluding hydrogens is 574 g/mol. The van der Waals surface area contributed by atoms with Gasteiger partial charge in [-0.05, 0) is 61.2 Å². The molecule has 1 unspecified atom stereocenters. The molecule has 0 bridgehead atoms. The van der Waals surface area contributed by atoms with Crippen LogP contribution in [0.15, 0.2) is 78.9 Å². The summed E-state index contributed by atoms with van der Waals surface area (Å²) in [6.45, 7) is 1.61. The van der Waals surface area contributed by atoms with Crippen molar-refractivity contribution in [3.63, 3.8) is 0 Å². The van der Waals surface area contributed by atoms with E-state index in [0.29, 0.717) is 28.6 Å². The van der Waals surface area contributed by atoms with Crippen LogP contribution < -0.4 is 14.4 Å². The Morgan fingerprint density at radius 3 is 2.24 bits per heavy atom. The van der Waals surface area contributed by atoms with Crippen LogP contribution in [0.5, 0.6) is 5.75 Å². The minimum absolute atomic E-state index is 0.0572. The van der Waals surface area contributed by atoms with Crippen LogP contribution in [-0.4, -0.2) is 50.0 Å². The van der Waals surface area contributed by atoms with Crippen LogP contribution in [0.25, 0.3) is 0 Å². The third-order valence-corrected chi connectivity index (χ3v) is 8.98. The number of ether oxygens (including phenoxy) is 1. The molecule has 1 N–H and O–H groups in total. The lowest BCUT2D eigenvalue weighted by Crippen LogP contribution is -2.53. The fraction of sp³-hybridized carbons (Fsp3) is 0.375. The van der Waals surface area contributed by atoms with Crippen LogP contribution in [0.1, 0.15) is 50.2 Å². The van der Waals surface area contributed by atoms with E-state index in [1.54, 1.807) is 55.5 Å². The van der Waals surface area contributed by atoms with Gasteiger partial charge in [-0.25, -0.2) is 8.42 Å². The fourth-order valence-electron chi connectivity index (χ4n) is 5.02. The molecule has 1 saturated carbocycles. The summed E-state index contributed by atoms with van der Waals surface area (Å²) < 4.78 is 32.6. The number of carbonyl (C=O) groups is 2. The molecule has 0 aromatic heterocycles. The molecule has 0 spiro atoms. The van der Waals surface area contributed by atoms with Gasteiger partial charge in [-0.3, -0.25) is 13.9 Å². The summed E-state index contributed by atoms with van der Waals surface area (Å²) in [4.78, 5) is 28.5. The lowest BCUT2D eigenvalue weighted by Gasteiger charge is -2.33. The van der Waals surface area contributed by atoms with Crippen LogP contribution in [0.3, 0.4) is 0 Å². The lowest BCUT2D eigenvalue weighted by molar-refractivity contribution is -0.139. The first kappa shape index (κ1) is 31.4.